The molecule has 0 radical (unpaired) electrons. The van der Waals surface area contributed by atoms with Crippen LogP contribution in [0.2, 0.25) is 0 Å². The maximum atomic E-state index is 6.26. The summed E-state index contributed by atoms with van der Waals surface area (Å²) in [5.41, 5.74) is 7.31. The summed E-state index contributed by atoms with van der Waals surface area (Å²) in [6.07, 6.45) is 0. The Balaban J connectivity index is 1.64. The van der Waals surface area contributed by atoms with Gasteiger partial charge in [0, 0.05) is 16.7 Å². The Kier molecular flexibility index (Phi) is 4.22. The van der Waals surface area contributed by atoms with Gasteiger partial charge in [-0.25, -0.2) is 0 Å². The number of methoxy groups -OCH3 is 1. The van der Waals surface area contributed by atoms with Crippen LogP contribution < -0.4 is 19.9 Å². The lowest BCUT2D eigenvalue weighted by Gasteiger charge is -2.12. The van der Waals surface area contributed by atoms with Gasteiger partial charge in [0.25, 0.3) is 0 Å². The van der Waals surface area contributed by atoms with E-state index in [2.05, 4.69) is 6.07 Å². The smallest absolute Gasteiger partial charge is 0.231 e. The number of rotatable bonds is 5. The Labute approximate surface area is 128 Å². The monoisotopic (exact) mass is 303 g/mol. The molecule has 2 aromatic carbocycles. The van der Waals surface area contributed by atoms with Crippen molar-refractivity contribution in [2.24, 2.45) is 5.73 Å². The summed E-state index contributed by atoms with van der Waals surface area (Å²) in [6, 6.07) is 13.8. The maximum absolute atomic E-state index is 6.26. The standard InChI is InChI=1S/C16H17NO3S/c1-18-12-3-2-4-13(8-12)21-9-14(17)11-5-6-15-16(7-11)20-10-19-15/h2-8,14H,9-10,17H2,1H3. The average Bonchev–Trinajstić information content (AvgIpc) is 3.00. The van der Waals surface area contributed by atoms with Gasteiger partial charge in [-0.3, -0.25) is 0 Å². The molecule has 0 saturated carbocycles. The SMILES string of the molecule is COc1cccc(SCC(N)c2ccc3c(c2)OCO3)c1. The largest absolute Gasteiger partial charge is 0.497 e. The van der Waals surface area contributed by atoms with E-state index in [0.29, 0.717) is 0 Å². The molecule has 2 aromatic rings. The minimum atomic E-state index is -0.0595. The lowest BCUT2D eigenvalue weighted by molar-refractivity contribution is 0.174. The Hall–Kier alpha value is -1.85. The second-order valence-electron chi connectivity index (χ2n) is 4.71. The zero-order chi connectivity index (χ0) is 14.7. The van der Waals surface area contributed by atoms with E-state index in [1.807, 2.05) is 36.4 Å². The molecular formula is C16H17NO3S. The van der Waals surface area contributed by atoms with Crippen LogP contribution in [-0.2, 0) is 0 Å². The molecule has 0 aromatic heterocycles. The van der Waals surface area contributed by atoms with Gasteiger partial charge in [0.05, 0.1) is 7.11 Å². The molecule has 1 atom stereocenters. The highest BCUT2D eigenvalue weighted by Gasteiger charge is 2.16. The molecule has 5 heteroatoms. The van der Waals surface area contributed by atoms with Crippen molar-refractivity contribution < 1.29 is 14.2 Å². The summed E-state index contributed by atoms with van der Waals surface area (Å²) >= 11 is 1.71. The molecule has 1 aliphatic rings. The first-order valence-electron chi connectivity index (χ1n) is 6.68. The zero-order valence-electron chi connectivity index (χ0n) is 11.7. The summed E-state index contributed by atoms with van der Waals surface area (Å²) in [7, 11) is 1.67. The van der Waals surface area contributed by atoms with Gasteiger partial charge in [0.15, 0.2) is 11.5 Å². The van der Waals surface area contributed by atoms with Crippen molar-refractivity contribution in [1.82, 2.24) is 0 Å². The van der Waals surface area contributed by atoms with E-state index in [4.69, 9.17) is 19.9 Å². The molecule has 110 valence electrons. The van der Waals surface area contributed by atoms with Gasteiger partial charge in [-0.1, -0.05) is 12.1 Å². The van der Waals surface area contributed by atoms with Crippen molar-refractivity contribution in [3.63, 3.8) is 0 Å². The van der Waals surface area contributed by atoms with Gasteiger partial charge in [0.1, 0.15) is 5.75 Å². The third-order valence-corrected chi connectivity index (χ3v) is 4.41. The van der Waals surface area contributed by atoms with Crippen LogP contribution in [0.1, 0.15) is 11.6 Å². The fourth-order valence-electron chi connectivity index (χ4n) is 2.12. The molecule has 1 unspecified atom stereocenters. The zero-order valence-corrected chi connectivity index (χ0v) is 12.6. The van der Waals surface area contributed by atoms with Crippen molar-refractivity contribution in [1.29, 1.82) is 0 Å². The minimum absolute atomic E-state index is 0.0595. The van der Waals surface area contributed by atoms with Gasteiger partial charge < -0.3 is 19.9 Å². The molecular weight excluding hydrogens is 286 g/mol. The van der Waals surface area contributed by atoms with Gasteiger partial charge >= 0.3 is 0 Å². The van der Waals surface area contributed by atoms with E-state index in [-0.39, 0.29) is 12.8 Å². The van der Waals surface area contributed by atoms with Crippen molar-refractivity contribution in [3.8, 4) is 17.2 Å². The summed E-state index contributed by atoms with van der Waals surface area (Å²) in [5.74, 6) is 3.20. The molecule has 4 nitrogen and oxygen atoms in total. The number of fused-ring (bicyclic) bond motifs is 1. The second kappa shape index (κ2) is 6.28. The molecule has 0 amide bonds. The molecule has 0 bridgehead atoms. The third kappa shape index (κ3) is 3.25. The lowest BCUT2D eigenvalue weighted by atomic mass is 10.1. The van der Waals surface area contributed by atoms with E-state index < -0.39 is 0 Å². The molecule has 0 fully saturated rings. The Morgan fingerprint density at radius 3 is 2.90 bits per heavy atom. The van der Waals surface area contributed by atoms with Crippen LogP contribution in [-0.4, -0.2) is 19.7 Å². The quantitative estimate of drug-likeness (QED) is 0.860. The highest BCUT2D eigenvalue weighted by Crippen LogP contribution is 2.35. The van der Waals surface area contributed by atoms with Gasteiger partial charge in [-0.15, -0.1) is 11.8 Å². The predicted molar refractivity (Wildman–Crippen MR) is 83.2 cm³/mol. The predicted octanol–water partition coefficient (Wildman–Crippen LogP) is 3.22. The summed E-state index contributed by atoms with van der Waals surface area (Å²) in [5, 5.41) is 0. The number of hydrogen-bond acceptors (Lipinski definition) is 5. The van der Waals surface area contributed by atoms with Gasteiger partial charge in [-0.05, 0) is 35.9 Å². The molecule has 1 heterocycles. The molecule has 1 aliphatic heterocycles. The Morgan fingerprint density at radius 2 is 2.05 bits per heavy atom. The van der Waals surface area contributed by atoms with Crippen LogP contribution in [0.25, 0.3) is 0 Å². The first kappa shape index (κ1) is 14.1. The van der Waals surface area contributed by atoms with Gasteiger partial charge in [0.2, 0.25) is 6.79 Å². The van der Waals surface area contributed by atoms with Crippen molar-refractivity contribution in [2.45, 2.75) is 10.9 Å². The Bertz CT molecular complexity index is 633. The lowest BCUT2D eigenvalue weighted by Crippen LogP contribution is -2.12. The fourth-order valence-corrected chi connectivity index (χ4v) is 3.06. The summed E-state index contributed by atoms with van der Waals surface area (Å²) in [4.78, 5) is 1.14. The van der Waals surface area contributed by atoms with Crippen LogP contribution in [0.5, 0.6) is 17.2 Å². The topological polar surface area (TPSA) is 53.7 Å². The van der Waals surface area contributed by atoms with Crippen molar-refractivity contribution in [2.75, 3.05) is 19.7 Å². The molecule has 2 N–H and O–H groups in total. The highest BCUT2D eigenvalue weighted by atomic mass is 32.2. The van der Waals surface area contributed by atoms with Crippen LogP contribution in [0.4, 0.5) is 0 Å². The van der Waals surface area contributed by atoms with E-state index in [1.54, 1.807) is 18.9 Å². The van der Waals surface area contributed by atoms with E-state index in [0.717, 1.165) is 33.5 Å². The first-order chi connectivity index (χ1) is 10.3. The normalized spacial score (nSPS) is 14.0. The van der Waals surface area contributed by atoms with Crippen LogP contribution in [0.15, 0.2) is 47.4 Å². The van der Waals surface area contributed by atoms with Crippen molar-refractivity contribution >= 4 is 11.8 Å². The molecule has 0 aliphatic carbocycles. The number of ether oxygens (including phenoxy) is 3. The van der Waals surface area contributed by atoms with E-state index in [9.17, 15) is 0 Å². The minimum Gasteiger partial charge on any atom is -0.497 e. The molecule has 21 heavy (non-hydrogen) atoms. The third-order valence-electron chi connectivity index (χ3n) is 3.30. The number of benzene rings is 2. The first-order valence-corrected chi connectivity index (χ1v) is 7.67. The fraction of sp³-hybridized carbons (Fsp3) is 0.250. The van der Waals surface area contributed by atoms with Gasteiger partial charge in [-0.2, -0.15) is 0 Å². The van der Waals surface area contributed by atoms with Crippen LogP contribution in [0, 0.1) is 0 Å². The van der Waals surface area contributed by atoms with Crippen LogP contribution >= 0.6 is 11.8 Å². The van der Waals surface area contributed by atoms with Crippen LogP contribution in [0.3, 0.4) is 0 Å². The number of thioether (sulfide) groups is 1. The van der Waals surface area contributed by atoms with E-state index in [1.165, 1.54) is 0 Å². The van der Waals surface area contributed by atoms with Crippen molar-refractivity contribution in [3.05, 3.63) is 48.0 Å². The number of hydrogen-bond donors (Lipinski definition) is 1. The number of nitrogens with two attached hydrogens (primary N) is 1. The van der Waals surface area contributed by atoms with E-state index >= 15 is 0 Å². The Morgan fingerprint density at radius 1 is 1.19 bits per heavy atom. The highest BCUT2D eigenvalue weighted by molar-refractivity contribution is 7.99. The average molecular weight is 303 g/mol. The summed E-state index contributed by atoms with van der Waals surface area (Å²) < 4.78 is 15.9. The molecule has 0 saturated heterocycles. The maximum Gasteiger partial charge on any atom is 0.231 e. The second-order valence-corrected chi connectivity index (χ2v) is 5.80. The molecule has 3 rings (SSSR count). The molecule has 0 spiro atoms. The summed E-state index contributed by atoms with van der Waals surface area (Å²) in [6.45, 7) is 0.284.